The highest BCUT2D eigenvalue weighted by Gasteiger charge is 2.31. The van der Waals surface area contributed by atoms with Gasteiger partial charge in [0.15, 0.2) is 11.6 Å². The van der Waals surface area contributed by atoms with Crippen molar-refractivity contribution in [1.82, 2.24) is 10.6 Å². The molecular weight excluding hydrogens is 290 g/mol. The lowest BCUT2D eigenvalue weighted by Gasteiger charge is -2.22. The van der Waals surface area contributed by atoms with Gasteiger partial charge in [0.2, 0.25) is 0 Å². The summed E-state index contributed by atoms with van der Waals surface area (Å²) in [4.78, 5) is 12.0. The molecule has 2 N–H and O–H groups in total. The van der Waals surface area contributed by atoms with Gasteiger partial charge in [-0.3, -0.25) is 0 Å². The van der Waals surface area contributed by atoms with Gasteiger partial charge in [-0.2, -0.15) is 0 Å². The molecule has 1 aromatic rings. The summed E-state index contributed by atoms with van der Waals surface area (Å²) in [5, 5.41) is 5.77. The molecular formula is C16H18F2N2O2. The van der Waals surface area contributed by atoms with Crippen LogP contribution in [-0.4, -0.2) is 24.7 Å². The minimum atomic E-state index is -0.909. The average Bonchev–Trinajstić information content (AvgIpc) is 3.13. The van der Waals surface area contributed by atoms with Gasteiger partial charge in [-0.1, -0.05) is 18.2 Å². The minimum Gasteiger partial charge on any atom is -0.371 e. The van der Waals surface area contributed by atoms with Crippen LogP contribution in [0.2, 0.25) is 0 Å². The predicted octanol–water partition coefficient (Wildman–Crippen LogP) is 2.81. The van der Waals surface area contributed by atoms with Gasteiger partial charge in [-0.05, 0) is 37.0 Å². The molecule has 2 amide bonds. The summed E-state index contributed by atoms with van der Waals surface area (Å²) in [6, 6.07) is 3.31. The maximum absolute atomic E-state index is 13.4. The quantitative estimate of drug-likeness (QED) is 0.844. The molecule has 2 atom stereocenters. The number of benzene rings is 1. The zero-order valence-electron chi connectivity index (χ0n) is 12.0. The first-order valence-corrected chi connectivity index (χ1v) is 7.42. The van der Waals surface area contributed by atoms with E-state index in [9.17, 15) is 13.6 Å². The highest BCUT2D eigenvalue weighted by molar-refractivity contribution is 5.74. The van der Waals surface area contributed by atoms with Crippen molar-refractivity contribution in [2.75, 3.05) is 6.61 Å². The highest BCUT2D eigenvalue weighted by Crippen LogP contribution is 2.30. The molecule has 0 spiro atoms. The SMILES string of the molecule is O=C(NC1CC=CC1)NC1CCOC1c1ccc(F)c(F)c1. The van der Waals surface area contributed by atoms with Gasteiger partial charge in [0.05, 0.1) is 6.04 Å². The van der Waals surface area contributed by atoms with Crippen LogP contribution in [0.15, 0.2) is 30.4 Å². The molecule has 0 aromatic heterocycles. The molecule has 1 aliphatic carbocycles. The lowest BCUT2D eigenvalue weighted by Crippen LogP contribution is -2.46. The molecule has 0 saturated carbocycles. The van der Waals surface area contributed by atoms with Crippen molar-refractivity contribution < 1.29 is 18.3 Å². The number of carbonyl (C=O) groups excluding carboxylic acids is 1. The van der Waals surface area contributed by atoms with Gasteiger partial charge in [-0.25, -0.2) is 13.6 Å². The topological polar surface area (TPSA) is 50.4 Å². The van der Waals surface area contributed by atoms with E-state index in [2.05, 4.69) is 10.6 Å². The maximum atomic E-state index is 13.4. The number of urea groups is 1. The maximum Gasteiger partial charge on any atom is 0.315 e. The fourth-order valence-corrected chi connectivity index (χ4v) is 2.89. The Hall–Kier alpha value is -1.95. The summed E-state index contributed by atoms with van der Waals surface area (Å²) in [7, 11) is 0. The summed E-state index contributed by atoms with van der Waals surface area (Å²) >= 11 is 0. The highest BCUT2D eigenvalue weighted by atomic mass is 19.2. The first-order valence-electron chi connectivity index (χ1n) is 7.42. The number of hydrogen-bond acceptors (Lipinski definition) is 2. The number of amides is 2. The molecule has 0 bridgehead atoms. The van der Waals surface area contributed by atoms with Crippen LogP contribution in [0.3, 0.4) is 0 Å². The molecule has 0 radical (unpaired) electrons. The van der Waals surface area contributed by atoms with Crippen molar-refractivity contribution in [3.63, 3.8) is 0 Å². The normalized spacial score (nSPS) is 24.6. The number of hydrogen-bond donors (Lipinski definition) is 2. The van der Waals surface area contributed by atoms with Crippen LogP contribution in [-0.2, 0) is 4.74 Å². The Labute approximate surface area is 127 Å². The zero-order chi connectivity index (χ0) is 15.5. The molecule has 2 aliphatic rings. The molecule has 118 valence electrons. The van der Waals surface area contributed by atoms with E-state index in [0.29, 0.717) is 18.6 Å². The summed E-state index contributed by atoms with van der Waals surface area (Å²) in [5.74, 6) is -1.80. The number of nitrogens with one attached hydrogen (secondary N) is 2. The number of halogens is 2. The predicted molar refractivity (Wildman–Crippen MR) is 77.3 cm³/mol. The van der Waals surface area contributed by atoms with Crippen LogP contribution in [0.1, 0.15) is 30.9 Å². The third-order valence-electron chi connectivity index (χ3n) is 4.02. The van der Waals surface area contributed by atoms with Gasteiger partial charge >= 0.3 is 6.03 Å². The smallest absolute Gasteiger partial charge is 0.315 e. The van der Waals surface area contributed by atoms with E-state index in [4.69, 9.17) is 4.74 Å². The molecule has 22 heavy (non-hydrogen) atoms. The van der Waals surface area contributed by atoms with Crippen molar-refractivity contribution in [2.45, 2.75) is 37.5 Å². The average molecular weight is 308 g/mol. The molecule has 6 heteroatoms. The van der Waals surface area contributed by atoms with E-state index >= 15 is 0 Å². The van der Waals surface area contributed by atoms with Crippen molar-refractivity contribution in [2.24, 2.45) is 0 Å². The Morgan fingerprint density at radius 3 is 2.64 bits per heavy atom. The van der Waals surface area contributed by atoms with Crippen LogP contribution in [0.5, 0.6) is 0 Å². The summed E-state index contributed by atoms with van der Waals surface area (Å²) in [6.45, 7) is 0.472. The van der Waals surface area contributed by atoms with Crippen molar-refractivity contribution in [3.05, 3.63) is 47.5 Å². The first-order chi connectivity index (χ1) is 10.6. The molecule has 1 saturated heterocycles. The fourth-order valence-electron chi connectivity index (χ4n) is 2.89. The second-order valence-electron chi connectivity index (χ2n) is 5.62. The molecule has 4 nitrogen and oxygen atoms in total. The molecule has 1 heterocycles. The second kappa shape index (κ2) is 6.44. The molecule has 2 unspecified atom stereocenters. The standard InChI is InChI=1S/C16H18F2N2O2/c17-12-6-5-10(9-13(12)18)15-14(7-8-22-15)20-16(21)19-11-3-1-2-4-11/h1-2,5-6,9,11,14-15H,3-4,7-8H2,(H2,19,20,21). The number of rotatable bonds is 3. The van der Waals surface area contributed by atoms with E-state index in [1.807, 2.05) is 12.2 Å². The van der Waals surface area contributed by atoms with Crippen LogP contribution in [0.25, 0.3) is 0 Å². The Balaban J connectivity index is 1.62. The minimum absolute atomic E-state index is 0.129. The number of ether oxygens (including phenoxy) is 1. The van der Waals surface area contributed by atoms with Gasteiger partial charge in [0.25, 0.3) is 0 Å². The summed E-state index contributed by atoms with van der Waals surface area (Å²) < 4.78 is 31.9. The third kappa shape index (κ3) is 3.27. The van der Waals surface area contributed by atoms with Crippen molar-refractivity contribution >= 4 is 6.03 Å². The van der Waals surface area contributed by atoms with E-state index in [-0.39, 0.29) is 18.1 Å². The first kappa shape index (κ1) is 15.0. The molecule has 1 aliphatic heterocycles. The van der Waals surface area contributed by atoms with Gasteiger partial charge < -0.3 is 15.4 Å². The Morgan fingerprint density at radius 2 is 1.91 bits per heavy atom. The van der Waals surface area contributed by atoms with Crippen molar-refractivity contribution in [3.8, 4) is 0 Å². The Bertz CT molecular complexity index is 584. The summed E-state index contributed by atoms with van der Waals surface area (Å²) in [5.41, 5.74) is 0.532. The largest absolute Gasteiger partial charge is 0.371 e. The van der Waals surface area contributed by atoms with Crippen molar-refractivity contribution in [1.29, 1.82) is 0 Å². The van der Waals surface area contributed by atoms with Gasteiger partial charge in [0.1, 0.15) is 6.10 Å². The van der Waals surface area contributed by atoms with Crippen LogP contribution in [0.4, 0.5) is 13.6 Å². The van der Waals surface area contributed by atoms with E-state index in [0.717, 1.165) is 25.0 Å². The monoisotopic (exact) mass is 308 g/mol. The van der Waals surface area contributed by atoms with Crippen LogP contribution < -0.4 is 10.6 Å². The van der Waals surface area contributed by atoms with E-state index in [1.165, 1.54) is 6.07 Å². The fraction of sp³-hybridized carbons (Fsp3) is 0.438. The van der Waals surface area contributed by atoms with Crippen LogP contribution in [0, 0.1) is 11.6 Å². The molecule has 3 rings (SSSR count). The molecule has 1 aromatic carbocycles. The molecule has 1 fully saturated rings. The van der Waals surface area contributed by atoms with Crippen LogP contribution >= 0.6 is 0 Å². The lowest BCUT2D eigenvalue weighted by molar-refractivity contribution is 0.0994. The van der Waals surface area contributed by atoms with E-state index in [1.54, 1.807) is 0 Å². The zero-order valence-corrected chi connectivity index (χ0v) is 12.0. The second-order valence-corrected chi connectivity index (χ2v) is 5.62. The van der Waals surface area contributed by atoms with Gasteiger partial charge in [-0.15, -0.1) is 0 Å². The van der Waals surface area contributed by atoms with Gasteiger partial charge in [0, 0.05) is 12.6 Å². The number of carbonyl (C=O) groups is 1. The third-order valence-corrected chi connectivity index (χ3v) is 4.02. The van der Waals surface area contributed by atoms with E-state index < -0.39 is 17.7 Å². The summed E-state index contributed by atoms with van der Waals surface area (Å²) in [6.07, 6.45) is 5.92. The Morgan fingerprint density at radius 1 is 1.14 bits per heavy atom. The lowest BCUT2D eigenvalue weighted by atomic mass is 10.0. The Kier molecular flexibility index (Phi) is 4.38.